The first-order valence-electron chi connectivity index (χ1n) is 11.0. The second-order valence-electron chi connectivity index (χ2n) is 8.20. The van der Waals surface area contributed by atoms with Gasteiger partial charge in [0.2, 0.25) is 0 Å². The predicted molar refractivity (Wildman–Crippen MR) is 131 cm³/mol. The number of aromatic nitrogens is 2. The van der Waals surface area contributed by atoms with Crippen molar-refractivity contribution < 1.29 is 8.42 Å². The van der Waals surface area contributed by atoms with Gasteiger partial charge >= 0.3 is 0 Å². The molecule has 0 fully saturated rings. The van der Waals surface area contributed by atoms with E-state index in [1.807, 2.05) is 65.7 Å². The fraction of sp³-hybridized carbons (Fsp3) is 0.148. The number of sulfone groups is 1. The SMILES string of the molecule is N#Cc1ccc(C(Cc2cccnc2N2CCS(=O)(=O)c3ccccc32)c2cccnc2)cc1. The summed E-state index contributed by atoms with van der Waals surface area (Å²) in [5, 5.41) is 9.20. The maximum atomic E-state index is 12.7. The molecule has 34 heavy (non-hydrogen) atoms. The smallest absolute Gasteiger partial charge is 0.182 e. The lowest BCUT2D eigenvalue weighted by Crippen LogP contribution is -2.33. The third kappa shape index (κ3) is 4.16. The van der Waals surface area contributed by atoms with Crippen molar-refractivity contribution in [1.29, 1.82) is 5.26 Å². The fourth-order valence-corrected chi connectivity index (χ4v) is 5.88. The van der Waals surface area contributed by atoms with E-state index in [0.29, 0.717) is 29.1 Å². The number of hydrogen-bond donors (Lipinski definition) is 0. The number of hydrogen-bond acceptors (Lipinski definition) is 6. The van der Waals surface area contributed by atoms with Crippen LogP contribution >= 0.6 is 0 Å². The minimum absolute atomic E-state index is 0.00633. The monoisotopic (exact) mass is 466 g/mol. The minimum atomic E-state index is -3.32. The average Bonchev–Trinajstić information content (AvgIpc) is 2.88. The Morgan fingerprint density at radius 1 is 0.941 bits per heavy atom. The summed E-state index contributed by atoms with van der Waals surface area (Å²) in [6.07, 6.45) is 6.00. The zero-order valence-corrected chi connectivity index (χ0v) is 19.2. The topological polar surface area (TPSA) is 87.0 Å². The van der Waals surface area contributed by atoms with Gasteiger partial charge < -0.3 is 4.90 Å². The molecule has 0 saturated heterocycles. The number of pyridine rings is 2. The van der Waals surface area contributed by atoms with Crippen molar-refractivity contribution in [1.82, 2.24) is 9.97 Å². The largest absolute Gasteiger partial charge is 0.324 e. The van der Waals surface area contributed by atoms with Gasteiger partial charge in [-0.25, -0.2) is 13.4 Å². The second-order valence-corrected chi connectivity index (χ2v) is 10.3. The quantitative estimate of drug-likeness (QED) is 0.426. The third-order valence-electron chi connectivity index (χ3n) is 6.15. The van der Waals surface area contributed by atoms with Crippen LogP contribution in [0.2, 0.25) is 0 Å². The highest BCUT2D eigenvalue weighted by Crippen LogP contribution is 2.38. The number of nitriles is 1. The maximum Gasteiger partial charge on any atom is 0.182 e. The summed E-state index contributed by atoms with van der Waals surface area (Å²) in [7, 11) is -3.32. The predicted octanol–water partition coefficient (Wildman–Crippen LogP) is 4.65. The molecule has 2 aromatic carbocycles. The third-order valence-corrected chi connectivity index (χ3v) is 7.89. The van der Waals surface area contributed by atoms with Gasteiger partial charge in [0.25, 0.3) is 0 Å². The molecule has 4 aromatic rings. The van der Waals surface area contributed by atoms with E-state index in [4.69, 9.17) is 0 Å². The highest BCUT2D eigenvalue weighted by Gasteiger charge is 2.30. The molecular weight excluding hydrogens is 444 g/mol. The van der Waals surface area contributed by atoms with Gasteiger partial charge in [-0.05, 0) is 59.5 Å². The molecule has 7 heteroatoms. The van der Waals surface area contributed by atoms with E-state index in [-0.39, 0.29) is 11.7 Å². The van der Waals surface area contributed by atoms with Crippen molar-refractivity contribution in [3.63, 3.8) is 0 Å². The summed E-state index contributed by atoms with van der Waals surface area (Å²) in [5.41, 5.74) is 4.41. The van der Waals surface area contributed by atoms with Crippen LogP contribution in [0.5, 0.6) is 0 Å². The van der Waals surface area contributed by atoms with Gasteiger partial charge in [-0.2, -0.15) is 5.26 Å². The lowest BCUT2D eigenvalue weighted by molar-refractivity contribution is 0.592. The van der Waals surface area contributed by atoms with Crippen molar-refractivity contribution in [3.05, 3.63) is 114 Å². The molecule has 1 unspecified atom stereocenters. The van der Waals surface area contributed by atoms with Crippen LogP contribution in [-0.2, 0) is 16.3 Å². The summed E-state index contributed by atoms with van der Waals surface area (Å²) in [6.45, 7) is 0.345. The molecule has 168 valence electrons. The molecular formula is C27H22N4O2S. The second kappa shape index (κ2) is 9.08. The molecule has 0 aliphatic carbocycles. The van der Waals surface area contributed by atoms with Crippen molar-refractivity contribution in [2.75, 3.05) is 17.2 Å². The zero-order valence-electron chi connectivity index (χ0n) is 18.4. The zero-order chi connectivity index (χ0) is 23.5. The van der Waals surface area contributed by atoms with E-state index < -0.39 is 9.84 Å². The molecule has 1 aliphatic rings. The molecule has 0 amide bonds. The van der Waals surface area contributed by atoms with Crippen LogP contribution in [0.4, 0.5) is 11.5 Å². The number of benzene rings is 2. The number of rotatable bonds is 5. The molecule has 5 rings (SSSR count). The normalized spacial score (nSPS) is 15.2. The Morgan fingerprint density at radius 3 is 2.50 bits per heavy atom. The summed E-state index contributed by atoms with van der Waals surface area (Å²) in [4.78, 5) is 11.4. The van der Waals surface area contributed by atoms with Gasteiger partial charge in [-0.15, -0.1) is 0 Å². The number of nitrogens with zero attached hydrogens (tertiary/aromatic N) is 4. The average molecular weight is 467 g/mol. The molecule has 2 aromatic heterocycles. The Hall–Kier alpha value is -4.02. The fourth-order valence-electron chi connectivity index (χ4n) is 4.46. The van der Waals surface area contributed by atoms with E-state index in [1.165, 1.54) is 0 Å². The molecule has 0 N–H and O–H groups in total. The first-order valence-corrected chi connectivity index (χ1v) is 12.7. The van der Waals surface area contributed by atoms with Crippen LogP contribution in [0, 0.1) is 11.3 Å². The van der Waals surface area contributed by atoms with Gasteiger partial charge in [0.1, 0.15) is 5.82 Å². The first kappa shape index (κ1) is 21.8. The summed E-state index contributed by atoms with van der Waals surface area (Å²) < 4.78 is 25.3. The Balaban J connectivity index is 1.58. The van der Waals surface area contributed by atoms with Crippen LogP contribution in [0.25, 0.3) is 0 Å². The highest BCUT2D eigenvalue weighted by molar-refractivity contribution is 7.91. The van der Waals surface area contributed by atoms with Crippen molar-refractivity contribution in [2.45, 2.75) is 17.2 Å². The van der Waals surface area contributed by atoms with E-state index >= 15 is 0 Å². The summed E-state index contributed by atoms with van der Waals surface area (Å²) >= 11 is 0. The summed E-state index contributed by atoms with van der Waals surface area (Å²) in [6, 6.07) is 24.8. The van der Waals surface area contributed by atoms with Crippen molar-refractivity contribution >= 4 is 21.3 Å². The van der Waals surface area contributed by atoms with Crippen LogP contribution in [-0.4, -0.2) is 30.7 Å². The van der Waals surface area contributed by atoms with Crippen LogP contribution in [0.15, 0.2) is 96.3 Å². The minimum Gasteiger partial charge on any atom is -0.324 e. The van der Waals surface area contributed by atoms with E-state index in [9.17, 15) is 13.7 Å². The molecule has 0 radical (unpaired) electrons. The Bertz CT molecular complexity index is 1460. The first-order chi connectivity index (χ1) is 16.6. The number of fused-ring (bicyclic) bond motifs is 1. The molecule has 1 atom stereocenters. The van der Waals surface area contributed by atoms with Crippen molar-refractivity contribution in [3.8, 4) is 6.07 Å². The van der Waals surface area contributed by atoms with Gasteiger partial charge in [-0.3, -0.25) is 4.98 Å². The van der Waals surface area contributed by atoms with Gasteiger partial charge in [-0.1, -0.05) is 36.4 Å². The molecule has 6 nitrogen and oxygen atoms in total. The number of anilines is 2. The Morgan fingerprint density at radius 2 is 1.74 bits per heavy atom. The Kier molecular flexibility index (Phi) is 5.83. The molecule has 0 spiro atoms. The standard InChI is InChI=1S/C27H22N4O2S/c28-18-20-9-11-21(12-10-20)24(23-6-3-13-29-19-23)17-22-5-4-14-30-27(22)31-15-16-34(32,33)26-8-2-1-7-25(26)31/h1-14,19,24H,15-17H2. The van der Waals surface area contributed by atoms with Gasteiger partial charge in [0, 0.05) is 31.1 Å². The molecule has 0 bridgehead atoms. The molecule has 3 heterocycles. The van der Waals surface area contributed by atoms with Crippen molar-refractivity contribution in [2.24, 2.45) is 0 Å². The van der Waals surface area contributed by atoms with Gasteiger partial charge in [0.05, 0.1) is 28.0 Å². The number of para-hydroxylation sites is 1. The van der Waals surface area contributed by atoms with Gasteiger partial charge in [0.15, 0.2) is 9.84 Å². The lowest BCUT2D eigenvalue weighted by atomic mass is 9.86. The van der Waals surface area contributed by atoms with E-state index in [1.54, 1.807) is 24.5 Å². The van der Waals surface area contributed by atoms with E-state index in [0.717, 1.165) is 22.5 Å². The molecule has 1 aliphatic heterocycles. The summed E-state index contributed by atoms with van der Waals surface area (Å²) in [5.74, 6) is 0.794. The maximum absolute atomic E-state index is 12.7. The van der Waals surface area contributed by atoms with Crippen LogP contribution in [0.1, 0.15) is 28.2 Å². The van der Waals surface area contributed by atoms with E-state index in [2.05, 4.69) is 22.1 Å². The van der Waals surface area contributed by atoms with Crippen LogP contribution in [0.3, 0.4) is 0 Å². The van der Waals surface area contributed by atoms with Crippen LogP contribution < -0.4 is 4.90 Å². The highest BCUT2D eigenvalue weighted by atomic mass is 32.2. The lowest BCUT2D eigenvalue weighted by Gasteiger charge is -2.32. The molecule has 0 saturated carbocycles. The Labute approximate surface area is 199 Å².